The third-order valence-electron chi connectivity index (χ3n) is 4.97. The van der Waals surface area contributed by atoms with Gasteiger partial charge in [-0.2, -0.15) is 0 Å². The van der Waals surface area contributed by atoms with Crippen LogP contribution in [0, 0.1) is 11.3 Å². The number of nitrogens with two attached hydrogens (primary N) is 1. The lowest BCUT2D eigenvalue weighted by Crippen LogP contribution is -2.51. The Morgan fingerprint density at radius 2 is 1.94 bits per heavy atom. The van der Waals surface area contributed by atoms with E-state index in [1.165, 1.54) is 38.5 Å². The Hall–Kier alpha value is -0.570. The van der Waals surface area contributed by atoms with Gasteiger partial charge < -0.3 is 10.6 Å². The van der Waals surface area contributed by atoms with E-state index in [9.17, 15) is 4.79 Å². The minimum Gasteiger partial charge on any atom is -0.338 e. The van der Waals surface area contributed by atoms with Crippen molar-refractivity contribution in [1.82, 2.24) is 4.90 Å². The van der Waals surface area contributed by atoms with E-state index in [0.717, 1.165) is 13.0 Å². The normalized spacial score (nSPS) is 27.6. The fourth-order valence-corrected chi connectivity index (χ4v) is 3.46. The Balaban J connectivity index is 2.06. The minimum absolute atomic E-state index is 0.173. The van der Waals surface area contributed by atoms with Gasteiger partial charge in [0.05, 0.1) is 0 Å². The summed E-state index contributed by atoms with van der Waals surface area (Å²) in [5.74, 6) is 0.605. The lowest BCUT2D eigenvalue weighted by molar-refractivity contribution is -0.145. The predicted molar refractivity (Wildman–Crippen MR) is 74.1 cm³/mol. The zero-order valence-electron chi connectivity index (χ0n) is 12.0. The van der Waals surface area contributed by atoms with Crippen LogP contribution in [-0.4, -0.2) is 29.9 Å². The van der Waals surface area contributed by atoms with Crippen LogP contribution < -0.4 is 5.73 Å². The van der Waals surface area contributed by atoms with E-state index >= 15 is 0 Å². The maximum absolute atomic E-state index is 12.8. The van der Waals surface area contributed by atoms with Gasteiger partial charge in [0.1, 0.15) is 0 Å². The topological polar surface area (TPSA) is 46.3 Å². The molecule has 2 rings (SSSR count). The molecule has 2 saturated carbocycles. The highest BCUT2D eigenvalue weighted by molar-refractivity contribution is 5.80. The van der Waals surface area contributed by atoms with Crippen LogP contribution in [0.15, 0.2) is 0 Å². The van der Waals surface area contributed by atoms with Crippen LogP contribution in [0.1, 0.15) is 58.8 Å². The first-order valence-electron chi connectivity index (χ1n) is 7.57. The third kappa shape index (κ3) is 2.71. The molecule has 3 heteroatoms. The van der Waals surface area contributed by atoms with Crippen LogP contribution in [0.3, 0.4) is 0 Å². The average molecular weight is 252 g/mol. The first kappa shape index (κ1) is 13.9. The summed E-state index contributed by atoms with van der Waals surface area (Å²) in [4.78, 5) is 14.9. The largest absolute Gasteiger partial charge is 0.338 e. The highest BCUT2D eigenvalue weighted by atomic mass is 16.2. The molecule has 18 heavy (non-hydrogen) atoms. The van der Waals surface area contributed by atoms with Crippen LogP contribution in [0.25, 0.3) is 0 Å². The van der Waals surface area contributed by atoms with Gasteiger partial charge in [0.2, 0.25) is 5.91 Å². The fourth-order valence-electron chi connectivity index (χ4n) is 3.46. The highest BCUT2D eigenvalue weighted by Crippen LogP contribution is 2.42. The van der Waals surface area contributed by atoms with Gasteiger partial charge in [-0.3, -0.25) is 4.79 Å². The lowest BCUT2D eigenvalue weighted by Gasteiger charge is -2.44. The van der Waals surface area contributed by atoms with Crippen LogP contribution in [-0.2, 0) is 4.79 Å². The molecule has 0 bridgehead atoms. The van der Waals surface area contributed by atoms with E-state index in [0.29, 0.717) is 18.5 Å². The SMILES string of the molecule is CC1(C)CCCCC1C(=O)N(CCN)C1CCC1. The summed E-state index contributed by atoms with van der Waals surface area (Å²) in [5.41, 5.74) is 5.86. The van der Waals surface area contributed by atoms with E-state index in [1.807, 2.05) is 0 Å². The number of carbonyl (C=O) groups is 1. The average Bonchev–Trinajstić information content (AvgIpc) is 2.24. The Morgan fingerprint density at radius 3 is 2.44 bits per heavy atom. The molecule has 2 aliphatic carbocycles. The number of hydrogen-bond donors (Lipinski definition) is 1. The molecule has 0 aromatic carbocycles. The van der Waals surface area contributed by atoms with Gasteiger partial charge in [0, 0.05) is 25.0 Å². The number of rotatable bonds is 4. The summed E-state index contributed by atoms with van der Waals surface area (Å²) >= 11 is 0. The van der Waals surface area contributed by atoms with Gasteiger partial charge in [0.25, 0.3) is 0 Å². The zero-order chi connectivity index (χ0) is 13.2. The molecule has 0 aliphatic heterocycles. The lowest BCUT2D eigenvalue weighted by atomic mass is 9.68. The van der Waals surface area contributed by atoms with Gasteiger partial charge in [-0.25, -0.2) is 0 Å². The number of amides is 1. The molecule has 0 saturated heterocycles. The van der Waals surface area contributed by atoms with Crippen molar-refractivity contribution in [3.8, 4) is 0 Å². The molecule has 0 heterocycles. The molecule has 0 aromatic heterocycles. The maximum Gasteiger partial charge on any atom is 0.226 e. The van der Waals surface area contributed by atoms with Gasteiger partial charge in [-0.1, -0.05) is 26.7 Å². The van der Waals surface area contributed by atoms with E-state index in [4.69, 9.17) is 5.73 Å². The standard InChI is InChI=1S/C15H28N2O/c1-15(2)9-4-3-8-13(15)14(18)17(11-10-16)12-6-5-7-12/h12-13H,3-11,16H2,1-2H3. The number of nitrogens with zero attached hydrogens (tertiary/aromatic N) is 1. The van der Waals surface area contributed by atoms with E-state index in [1.54, 1.807) is 0 Å². The molecule has 2 N–H and O–H groups in total. The van der Waals surface area contributed by atoms with Crippen molar-refractivity contribution in [1.29, 1.82) is 0 Å². The number of carbonyl (C=O) groups excluding carboxylic acids is 1. The van der Waals surface area contributed by atoms with Crippen molar-refractivity contribution in [3.63, 3.8) is 0 Å². The Labute approximate surface area is 111 Å². The minimum atomic E-state index is 0.173. The molecule has 1 atom stereocenters. The van der Waals surface area contributed by atoms with Crippen LogP contribution in [0.2, 0.25) is 0 Å². The molecule has 104 valence electrons. The Morgan fingerprint density at radius 1 is 1.22 bits per heavy atom. The summed E-state index contributed by atoms with van der Waals surface area (Å²) in [6, 6.07) is 0.485. The van der Waals surface area contributed by atoms with Crippen molar-refractivity contribution in [2.75, 3.05) is 13.1 Å². The molecule has 1 unspecified atom stereocenters. The monoisotopic (exact) mass is 252 g/mol. The molecule has 3 nitrogen and oxygen atoms in total. The summed E-state index contributed by atoms with van der Waals surface area (Å²) < 4.78 is 0. The summed E-state index contributed by atoms with van der Waals surface area (Å²) in [6.45, 7) is 5.86. The Bertz CT molecular complexity index is 297. The second-order valence-corrected chi connectivity index (χ2v) is 6.69. The van der Waals surface area contributed by atoms with E-state index < -0.39 is 0 Å². The quantitative estimate of drug-likeness (QED) is 0.835. The van der Waals surface area contributed by atoms with Crippen molar-refractivity contribution in [3.05, 3.63) is 0 Å². The second kappa shape index (κ2) is 5.60. The van der Waals surface area contributed by atoms with E-state index in [-0.39, 0.29) is 11.3 Å². The maximum atomic E-state index is 12.8. The predicted octanol–water partition coefficient (Wildman–Crippen LogP) is 2.54. The van der Waals surface area contributed by atoms with Crippen molar-refractivity contribution < 1.29 is 4.79 Å². The molecule has 2 fully saturated rings. The third-order valence-corrected chi connectivity index (χ3v) is 4.97. The summed E-state index contributed by atoms with van der Waals surface area (Å²) in [7, 11) is 0. The second-order valence-electron chi connectivity index (χ2n) is 6.69. The van der Waals surface area contributed by atoms with Gasteiger partial charge in [-0.05, 0) is 37.5 Å². The first-order chi connectivity index (χ1) is 8.56. The smallest absolute Gasteiger partial charge is 0.226 e. The molecule has 0 radical (unpaired) electrons. The zero-order valence-corrected chi connectivity index (χ0v) is 12.0. The van der Waals surface area contributed by atoms with Crippen LogP contribution in [0.4, 0.5) is 0 Å². The highest BCUT2D eigenvalue weighted by Gasteiger charge is 2.41. The molecule has 2 aliphatic rings. The van der Waals surface area contributed by atoms with Crippen LogP contribution in [0.5, 0.6) is 0 Å². The van der Waals surface area contributed by atoms with Gasteiger partial charge in [0.15, 0.2) is 0 Å². The summed E-state index contributed by atoms with van der Waals surface area (Å²) in [6.07, 6.45) is 8.37. The van der Waals surface area contributed by atoms with Gasteiger partial charge >= 0.3 is 0 Å². The Kier molecular flexibility index (Phi) is 4.31. The molecular weight excluding hydrogens is 224 g/mol. The summed E-state index contributed by atoms with van der Waals surface area (Å²) in [5, 5.41) is 0. The number of hydrogen-bond acceptors (Lipinski definition) is 2. The van der Waals surface area contributed by atoms with Gasteiger partial charge in [-0.15, -0.1) is 0 Å². The van der Waals surface area contributed by atoms with Crippen molar-refractivity contribution in [2.24, 2.45) is 17.1 Å². The first-order valence-corrected chi connectivity index (χ1v) is 7.57. The molecule has 0 spiro atoms. The molecule has 1 amide bonds. The molecule has 0 aromatic rings. The van der Waals surface area contributed by atoms with Crippen molar-refractivity contribution >= 4 is 5.91 Å². The van der Waals surface area contributed by atoms with E-state index in [2.05, 4.69) is 18.7 Å². The van der Waals surface area contributed by atoms with Crippen LogP contribution >= 0.6 is 0 Å². The van der Waals surface area contributed by atoms with Crippen molar-refractivity contribution in [2.45, 2.75) is 64.8 Å². The molecular formula is C15H28N2O. The fraction of sp³-hybridized carbons (Fsp3) is 0.933.